The predicted octanol–water partition coefficient (Wildman–Crippen LogP) is 2.84. The van der Waals surface area contributed by atoms with Gasteiger partial charge < -0.3 is 10.1 Å². The Morgan fingerprint density at radius 2 is 1.74 bits per heavy atom. The van der Waals surface area contributed by atoms with Crippen LogP contribution in [0.2, 0.25) is 0 Å². The van der Waals surface area contributed by atoms with Crippen molar-refractivity contribution in [3.63, 3.8) is 0 Å². The molecule has 1 amide bonds. The molecule has 0 fully saturated rings. The number of carbonyl (C=O) groups is 1. The highest BCUT2D eigenvalue weighted by molar-refractivity contribution is 7.92. The second-order valence-corrected chi connectivity index (χ2v) is 6.41. The maximum Gasteiger partial charge on any atom is 0.262 e. The molecule has 0 atom stereocenters. The molecule has 0 unspecified atom stereocenters. The predicted molar refractivity (Wildman–Crippen MR) is 89.2 cm³/mol. The van der Waals surface area contributed by atoms with Crippen molar-refractivity contribution in [1.29, 1.82) is 0 Å². The van der Waals surface area contributed by atoms with Crippen molar-refractivity contribution in [2.45, 2.75) is 18.2 Å². The Hall–Kier alpha value is -2.54. The summed E-state index contributed by atoms with van der Waals surface area (Å²) in [6, 6.07) is 12.7. The Morgan fingerprint density at radius 3 is 2.35 bits per heavy atom. The smallest absolute Gasteiger partial charge is 0.262 e. The summed E-state index contributed by atoms with van der Waals surface area (Å²) in [6.45, 7) is 1.74. The Bertz CT molecular complexity index is 786. The van der Waals surface area contributed by atoms with E-state index >= 15 is 0 Å². The molecule has 2 N–H and O–H groups in total. The quantitative estimate of drug-likeness (QED) is 0.851. The molecule has 23 heavy (non-hydrogen) atoms. The third-order valence-electron chi connectivity index (χ3n) is 3.12. The second kappa shape index (κ2) is 7.15. The number of amides is 1. The van der Waals surface area contributed by atoms with Crippen LogP contribution in [0.5, 0.6) is 5.75 Å². The molecule has 0 aliphatic rings. The van der Waals surface area contributed by atoms with E-state index in [1.54, 1.807) is 43.3 Å². The average Bonchev–Trinajstić information content (AvgIpc) is 2.55. The number of para-hydroxylation sites is 2. The standard InChI is InChI=1S/C16H18N2O4S/c1-3-16(19)17-12-8-10-13(11-9-12)23(20,21)18-14-6-4-5-7-15(14)22-2/h4-11,18H,3H2,1-2H3,(H,17,19). The number of methoxy groups -OCH3 is 1. The molecule has 7 heteroatoms. The van der Waals surface area contributed by atoms with Crippen molar-refractivity contribution >= 4 is 27.3 Å². The van der Waals surface area contributed by atoms with Crippen molar-refractivity contribution in [3.8, 4) is 5.75 Å². The first kappa shape index (κ1) is 16.8. The lowest BCUT2D eigenvalue weighted by Gasteiger charge is -2.12. The van der Waals surface area contributed by atoms with Gasteiger partial charge in [0.15, 0.2) is 0 Å². The first-order valence-corrected chi connectivity index (χ1v) is 8.50. The van der Waals surface area contributed by atoms with Crippen molar-refractivity contribution in [3.05, 3.63) is 48.5 Å². The number of ether oxygens (including phenoxy) is 1. The van der Waals surface area contributed by atoms with E-state index in [2.05, 4.69) is 10.0 Å². The van der Waals surface area contributed by atoms with Crippen LogP contribution in [0.3, 0.4) is 0 Å². The van der Waals surface area contributed by atoms with Crippen molar-refractivity contribution in [2.24, 2.45) is 0 Å². The lowest BCUT2D eigenvalue weighted by atomic mass is 10.3. The van der Waals surface area contributed by atoms with Gasteiger partial charge in [-0.05, 0) is 36.4 Å². The van der Waals surface area contributed by atoms with E-state index in [1.165, 1.54) is 19.2 Å². The monoisotopic (exact) mass is 334 g/mol. The van der Waals surface area contributed by atoms with Gasteiger partial charge in [-0.25, -0.2) is 8.42 Å². The zero-order valence-electron chi connectivity index (χ0n) is 12.9. The van der Waals surface area contributed by atoms with Gasteiger partial charge in [0.2, 0.25) is 5.91 Å². The summed E-state index contributed by atoms with van der Waals surface area (Å²) in [4.78, 5) is 11.4. The minimum atomic E-state index is -3.74. The summed E-state index contributed by atoms with van der Waals surface area (Å²) in [7, 11) is -2.27. The van der Waals surface area contributed by atoms with Gasteiger partial charge >= 0.3 is 0 Å². The number of benzene rings is 2. The molecule has 0 aliphatic carbocycles. The Labute approximate surface area is 135 Å². The van der Waals surface area contributed by atoms with E-state index in [1.807, 2.05) is 0 Å². The van der Waals surface area contributed by atoms with Gasteiger partial charge in [0.25, 0.3) is 10.0 Å². The van der Waals surface area contributed by atoms with Gasteiger partial charge in [0.05, 0.1) is 17.7 Å². The second-order valence-electron chi connectivity index (χ2n) is 4.73. The van der Waals surface area contributed by atoms with Crippen LogP contribution in [0.25, 0.3) is 0 Å². The number of rotatable bonds is 6. The van der Waals surface area contributed by atoms with E-state index in [-0.39, 0.29) is 10.8 Å². The number of nitrogens with one attached hydrogen (secondary N) is 2. The Morgan fingerprint density at radius 1 is 1.09 bits per heavy atom. The lowest BCUT2D eigenvalue weighted by Crippen LogP contribution is -2.14. The van der Waals surface area contributed by atoms with Crippen LogP contribution in [0.1, 0.15) is 13.3 Å². The van der Waals surface area contributed by atoms with Gasteiger partial charge in [-0.2, -0.15) is 0 Å². The van der Waals surface area contributed by atoms with Crippen LogP contribution in [0, 0.1) is 0 Å². The van der Waals surface area contributed by atoms with Crippen LogP contribution in [0.15, 0.2) is 53.4 Å². The molecule has 0 aromatic heterocycles. The van der Waals surface area contributed by atoms with Gasteiger partial charge in [-0.1, -0.05) is 19.1 Å². The largest absolute Gasteiger partial charge is 0.495 e. The third-order valence-corrected chi connectivity index (χ3v) is 4.50. The van der Waals surface area contributed by atoms with Crippen LogP contribution in [0.4, 0.5) is 11.4 Å². The SMILES string of the molecule is CCC(=O)Nc1ccc(S(=O)(=O)Nc2ccccc2OC)cc1. The molecule has 2 aromatic rings. The molecule has 2 aromatic carbocycles. The number of hydrogen-bond donors (Lipinski definition) is 2. The number of hydrogen-bond acceptors (Lipinski definition) is 4. The summed E-state index contributed by atoms with van der Waals surface area (Å²) >= 11 is 0. The normalized spacial score (nSPS) is 10.9. The van der Waals surface area contributed by atoms with E-state index in [0.717, 1.165) is 0 Å². The Balaban J connectivity index is 2.21. The average molecular weight is 334 g/mol. The fourth-order valence-electron chi connectivity index (χ4n) is 1.90. The molecule has 0 saturated heterocycles. The van der Waals surface area contributed by atoms with E-state index < -0.39 is 10.0 Å². The zero-order chi connectivity index (χ0) is 16.9. The molecule has 122 valence electrons. The van der Waals surface area contributed by atoms with Crippen LogP contribution >= 0.6 is 0 Å². The molecular weight excluding hydrogens is 316 g/mol. The fourth-order valence-corrected chi connectivity index (χ4v) is 2.97. The zero-order valence-corrected chi connectivity index (χ0v) is 13.7. The summed E-state index contributed by atoms with van der Waals surface area (Å²) in [5, 5.41) is 2.66. The van der Waals surface area contributed by atoms with Gasteiger partial charge in [-0.3, -0.25) is 9.52 Å². The summed E-state index contributed by atoms with van der Waals surface area (Å²) in [6.07, 6.45) is 0.357. The highest BCUT2D eigenvalue weighted by Gasteiger charge is 2.16. The number of carbonyl (C=O) groups excluding carboxylic acids is 1. The first-order valence-electron chi connectivity index (χ1n) is 7.02. The van der Waals surface area contributed by atoms with Crippen molar-refractivity contribution in [2.75, 3.05) is 17.1 Å². The molecule has 2 rings (SSSR count). The summed E-state index contributed by atoms with van der Waals surface area (Å²) in [5.74, 6) is 0.302. The van der Waals surface area contributed by atoms with Crippen molar-refractivity contribution < 1.29 is 17.9 Å². The minimum Gasteiger partial charge on any atom is -0.495 e. The maximum atomic E-state index is 12.4. The summed E-state index contributed by atoms with van der Waals surface area (Å²) in [5.41, 5.74) is 0.909. The molecular formula is C16H18N2O4S. The number of anilines is 2. The van der Waals surface area contributed by atoms with Crippen LogP contribution < -0.4 is 14.8 Å². The lowest BCUT2D eigenvalue weighted by molar-refractivity contribution is -0.115. The summed E-state index contributed by atoms with van der Waals surface area (Å²) < 4.78 is 32.4. The highest BCUT2D eigenvalue weighted by atomic mass is 32.2. The molecule has 0 spiro atoms. The fraction of sp³-hybridized carbons (Fsp3) is 0.188. The molecule has 0 radical (unpaired) electrons. The molecule has 0 bridgehead atoms. The Kier molecular flexibility index (Phi) is 5.23. The van der Waals surface area contributed by atoms with Crippen LogP contribution in [-0.2, 0) is 14.8 Å². The van der Waals surface area contributed by atoms with Gasteiger partial charge in [0.1, 0.15) is 5.75 Å². The third kappa shape index (κ3) is 4.23. The first-order chi connectivity index (χ1) is 11.0. The van der Waals surface area contributed by atoms with E-state index in [4.69, 9.17) is 4.74 Å². The number of sulfonamides is 1. The van der Waals surface area contributed by atoms with Gasteiger partial charge in [0, 0.05) is 12.1 Å². The van der Waals surface area contributed by atoms with Gasteiger partial charge in [-0.15, -0.1) is 0 Å². The van der Waals surface area contributed by atoms with Crippen molar-refractivity contribution in [1.82, 2.24) is 0 Å². The molecule has 0 heterocycles. The van der Waals surface area contributed by atoms with Crippen LogP contribution in [-0.4, -0.2) is 21.4 Å². The molecule has 0 saturated carbocycles. The molecule has 0 aliphatic heterocycles. The van der Waals surface area contributed by atoms with E-state index in [0.29, 0.717) is 23.5 Å². The highest BCUT2D eigenvalue weighted by Crippen LogP contribution is 2.26. The topological polar surface area (TPSA) is 84.5 Å². The molecule has 6 nitrogen and oxygen atoms in total. The maximum absolute atomic E-state index is 12.4. The van der Waals surface area contributed by atoms with E-state index in [9.17, 15) is 13.2 Å². The minimum absolute atomic E-state index is 0.0953.